The van der Waals surface area contributed by atoms with Crippen LogP contribution in [0.4, 0.5) is 0 Å². The number of likely N-dealkylation sites (N-methyl/N-ethyl adjacent to an activating group) is 1. The summed E-state index contributed by atoms with van der Waals surface area (Å²) >= 11 is 3.08. The Bertz CT molecular complexity index is 1090. The van der Waals surface area contributed by atoms with Crippen LogP contribution in [-0.2, 0) is 22.4 Å². The van der Waals surface area contributed by atoms with E-state index in [0.717, 1.165) is 46.7 Å². The molecule has 0 fully saturated rings. The van der Waals surface area contributed by atoms with Gasteiger partial charge in [-0.05, 0) is 43.3 Å². The highest BCUT2D eigenvalue weighted by atomic mass is 32.2. The first-order chi connectivity index (χ1) is 14.5. The Kier molecular flexibility index (Phi) is 6.45. The lowest BCUT2D eigenvalue weighted by atomic mass is 10.1. The summed E-state index contributed by atoms with van der Waals surface area (Å²) in [5, 5.41) is 1.38. The van der Waals surface area contributed by atoms with E-state index in [1.165, 1.54) is 16.6 Å². The standard InChI is InChI=1S/C21H25N3O4S2/c1-23-10-9-15-16(11-23)30-19-18(15)20(25)24(13-5-7-14(26-2)8-6-13)21(22-19)29-12-17(27-3)28-4/h5-8,17H,9-12H2,1-4H3. The van der Waals surface area contributed by atoms with E-state index in [0.29, 0.717) is 10.9 Å². The van der Waals surface area contributed by atoms with Crippen molar-refractivity contribution in [2.45, 2.75) is 24.4 Å². The molecule has 2 aromatic heterocycles. The first-order valence-corrected chi connectivity index (χ1v) is 11.4. The summed E-state index contributed by atoms with van der Waals surface area (Å²) in [7, 11) is 6.94. The highest BCUT2D eigenvalue weighted by Gasteiger charge is 2.25. The number of nitrogens with zero attached hydrogens (tertiary/aromatic N) is 3. The maximum atomic E-state index is 13.7. The monoisotopic (exact) mass is 447 g/mol. The number of fused-ring (bicyclic) bond motifs is 3. The van der Waals surface area contributed by atoms with Crippen molar-refractivity contribution < 1.29 is 14.2 Å². The number of thiophene rings is 1. The second kappa shape index (κ2) is 9.07. The molecule has 4 rings (SSSR count). The molecule has 0 aliphatic carbocycles. The van der Waals surface area contributed by atoms with Crippen LogP contribution in [0.15, 0.2) is 34.2 Å². The van der Waals surface area contributed by atoms with Crippen LogP contribution in [0.2, 0.25) is 0 Å². The van der Waals surface area contributed by atoms with Gasteiger partial charge in [0.05, 0.1) is 23.9 Å². The van der Waals surface area contributed by atoms with Crippen LogP contribution >= 0.6 is 23.1 Å². The van der Waals surface area contributed by atoms with E-state index in [1.54, 1.807) is 37.2 Å². The summed E-state index contributed by atoms with van der Waals surface area (Å²) in [6.45, 7) is 1.80. The molecule has 0 N–H and O–H groups in total. The van der Waals surface area contributed by atoms with Crippen LogP contribution in [0.1, 0.15) is 10.4 Å². The van der Waals surface area contributed by atoms with Crippen molar-refractivity contribution in [2.75, 3.05) is 40.7 Å². The smallest absolute Gasteiger partial charge is 0.267 e. The SMILES string of the molecule is COc1ccc(-n2c(SCC(OC)OC)nc3sc4c(c3c2=O)CCN(C)C4)cc1. The number of benzene rings is 1. The average Bonchev–Trinajstić information content (AvgIpc) is 3.12. The van der Waals surface area contributed by atoms with Crippen LogP contribution in [0.25, 0.3) is 15.9 Å². The lowest BCUT2D eigenvalue weighted by molar-refractivity contribution is -0.0842. The third kappa shape index (κ3) is 4.00. The number of aromatic nitrogens is 2. The predicted molar refractivity (Wildman–Crippen MR) is 120 cm³/mol. The molecule has 0 amide bonds. The van der Waals surface area contributed by atoms with Gasteiger partial charge in [0.2, 0.25) is 0 Å². The van der Waals surface area contributed by atoms with E-state index in [9.17, 15) is 4.79 Å². The van der Waals surface area contributed by atoms with Gasteiger partial charge in [-0.25, -0.2) is 4.98 Å². The second-order valence-electron chi connectivity index (χ2n) is 7.12. The van der Waals surface area contributed by atoms with Gasteiger partial charge in [0.1, 0.15) is 10.6 Å². The van der Waals surface area contributed by atoms with Gasteiger partial charge in [-0.1, -0.05) is 11.8 Å². The average molecular weight is 448 g/mol. The Morgan fingerprint density at radius 3 is 2.60 bits per heavy atom. The molecule has 0 saturated carbocycles. The number of hydrogen-bond acceptors (Lipinski definition) is 8. The van der Waals surface area contributed by atoms with Crippen molar-refractivity contribution in [1.82, 2.24) is 14.5 Å². The molecule has 30 heavy (non-hydrogen) atoms. The van der Waals surface area contributed by atoms with Crippen molar-refractivity contribution in [3.05, 3.63) is 45.1 Å². The molecular weight excluding hydrogens is 422 g/mol. The predicted octanol–water partition coefficient (Wildman–Crippen LogP) is 3.15. The van der Waals surface area contributed by atoms with Crippen LogP contribution < -0.4 is 10.3 Å². The summed E-state index contributed by atoms with van der Waals surface area (Å²) in [5.74, 6) is 1.26. The lowest BCUT2D eigenvalue weighted by Gasteiger charge is -2.21. The molecular formula is C21H25N3O4S2. The summed E-state index contributed by atoms with van der Waals surface area (Å²) in [5.41, 5.74) is 1.88. The molecule has 0 radical (unpaired) electrons. The van der Waals surface area contributed by atoms with Gasteiger partial charge in [0.15, 0.2) is 11.4 Å². The van der Waals surface area contributed by atoms with Crippen LogP contribution in [0.3, 0.4) is 0 Å². The van der Waals surface area contributed by atoms with E-state index >= 15 is 0 Å². The molecule has 1 aliphatic heterocycles. The minimum absolute atomic E-state index is 0.0268. The molecule has 0 spiro atoms. The minimum Gasteiger partial charge on any atom is -0.497 e. The fourth-order valence-electron chi connectivity index (χ4n) is 3.58. The van der Waals surface area contributed by atoms with Gasteiger partial charge in [-0.2, -0.15) is 0 Å². The van der Waals surface area contributed by atoms with Crippen molar-refractivity contribution in [2.24, 2.45) is 0 Å². The number of methoxy groups -OCH3 is 3. The largest absolute Gasteiger partial charge is 0.497 e. The molecule has 9 heteroatoms. The normalized spacial score (nSPS) is 14.4. The van der Waals surface area contributed by atoms with Gasteiger partial charge in [0, 0.05) is 32.2 Å². The summed E-state index contributed by atoms with van der Waals surface area (Å²) in [6.07, 6.45) is 0.491. The lowest BCUT2D eigenvalue weighted by Crippen LogP contribution is -2.27. The van der Waals surface area contributed by atoms with Gasteiger partial charge in [0.25, 0.3) is 5.56 Å². The first-order valence-electron chi connectivity index (χ1n) is 9.64. The van der Waals surface area contributed by atoms with Crippen molar-refractivity contribution in [3.8, 4) is 11.4 Å². The number of thioether (sulfide) groups is 1. The van der Waals surface area contributed by atoms with Gasteiger partial charge < -0.3 is 19.1 Å². The molecule has 3 heterocycles. The Morgan fingerprint density at radius 1 is 1.20 bits per heavy atom. The number of hydrogen-bond donors (Lipinski definition) is 0. The van der Waals surface area contributed by atoms with Gasteiger partial charge >= 0.3 is 0 Å². The van der Waals surface area contributed by atoms with Crippen molar-refractivity contribution >= 4 is 33.3 Å². The van der Waals surface area contributed by atoms with E-state index < -0.39 is 0 Å². The van der Waals surface area contributed by atoms with Crippen LogP contribution in [-0.4, -0.2) is 61.4 Å². The third-order valence-electron chi connectivity index (χ3n) is 5.24. The van der Waals surface area contributed by atoms with E-state index in [1.807, 2.05) is 24.3 Å². The zero-order valence-corrected chi connectivity index (χ0v) is 19.1. The molecule has 1 aromatic carbocycles. The van der Waals surface area contributed by atoms with Gasteiger partial charge in [-0.15, -0.1) is 11.3 Å². The fourth-order valence-corrected chi connectivity index (χ4v) is 5.96. The molecule has 160 valence electrons. The van der Waals surface area contributed by atoms with Gasteiger partial charge in [-0.3, -0.25) is 9.36 Å². The Morgan fingerprint density at radius 2 is 1.93 bits per heavy atom. The molecule has 7 nitrogen and oxygen atoms in total. The van der Waals surface area contributed by atoms with Crippen molar-refractivity contribution in [1.29, 1.82) is 0 Å². The maximum Gasteiger partial charge on any atom is 0.267 e. The number of ether oxygens (including phenoxy) is 3. The third-order valence-corrected chi connectivity index (χ3v) is 7.32. The number of rotatable bonds is 7. The molecule has 3 aromatic rings. The second-order valence-corrected chi connectivity index (χ2v) is 9.19. The Balaban J connectivity index is 1.87. The minimum atomic E-state index is -0.378. The van der Waals surface area contributed by atoms with Crippen molar-refractivity contribution in [3.63, 3.8) is 0 Å². The zero-order valence-electron chi connectivity index (χ0n) is 17.5. The molecule has 1 aliphatic rings. The Labute approximate surface area is 183 Å². The maximum absolute atomic E-state index is 13.7. The molecule has 0 saturated heterocycles. The van der Waals surface area contributed by atoms with Crippen LogP contribution in [0, 0.1) is 0 Å². The Hall–Kier alpha value is -1.91. The highest BCUT2D eigenvalue weighted by Crippen LogP contribution is 2.34. The van der Waals surface area contributed by atoms with E-state index in [4.69, 9.17) is 19.2 Å². The summed E-state index contributed by atoms with van der Waals surface area (Å²) in [4.78, 5) is 22.9. The quantitative estimate of drug-likeness (QED) is 0.313. The summed E-state index contributed by atoms with van der Waals surface area (Å²) < 4.78 is 17.6. The molecule has 0 unspecified atom stereocenters. The highest BCUT2D eigenvalue weighted by molar-refractivity contribution is 7.99. The topological polar surface area (TPSA) is 65.8 Å². The molecule has 0 atom stereocenters. The fraction of sp³-hybridized carbons (Fsp3) is 0.429. The van der Waals surface area contributed by atoms with Crippen LogP contribution in [0.5, 0.6) is 5.75 Å². The first kappa shape index (κ1) is 21.3. The van der Waals surface area contributed by atoms with E-state index in [2.05, 4.69) is 11.9 Å². The zero-order chi connectivity index (χ0) is 21.3. The molecule has 0 bridgehead atoms. The summed E-state index contributed by atoms with van der Waals surface area (Å²) in [6, 6.07) is 7.47. The van der Waals surface area contributed by atoms with E-state index in [-0.39, 0.29) is 11.8 Å².